The average molecular weight is 268 g/mol. The predicted octanol–water partition coefficient (Wildman–Crippen LogP) is 4.07. The third-order valence-corrected chi connectivity index (χ3v) is 3.99. The summed E-state index contributed by atoms with van der Waals surface area (Å²) in [7, 11) is 0. The Kier molecular flexibility index (Phi) is 4.05. The Bertz CT molecular complexity index is 498. The number of nitrogens with one attached hydrogen (secondary N) is 1. The highest BCUT2D eigenvalue weighted by atomic mass is 35.5. The van der Waals surface area contributed by atoms with E-state index in [2.05, 4.69) is 12.2 Å². The van der Waals surface area contributed by atoms with Crippen LogP contribution in [-0.4, -0.2) is 5.11 Å². The summed E-state index contributed by atoms with van der Waals surface area (Å²) in [5, 5.41) is 12.6. The van der Waals surface area contributed by atoms with E-state index >= 15 is 0 Å². The van der Waals surface area contributed by atoms with Crippen LogP contribution in [-0.2, 0) is 6.61 Å². The second kappa shape index (κ2) is 5.54. The predicted molar refractivity (Wildman–Crippen MR) is 73.7 cm³/mol. The number of aliphatic hydroxyl groups excluding tert-OH is 1. The fourth-order valence-corrected chi connectivity index (χ4v) is 2.73. The summed E-state index contributed by atoms with van der Waals surface area (Å²) >= 11 is 7.49. The van der Waals surface area contributed by atoms with Gasteiger partial charge < -0.3 is 10.4 Å². The number of thiophene rings is 1. The van der Waals surface area contributed by atoms with Gasteiger partial charge in [-0.1, -0.05) is 29.8 Å². The Morgan fingerprint density at radius 3 is 2.71 bits per heavy atom. The van der Waals surface area contributed by atoms with E-state index < -0.39 is 0 Å². The SMILES string of the molecule is CC(Nc1ccccc1CO)c1ccc(Cl)s1. The highest BCUT2D eigenvalue weighted by Gasteiger charge is 2.09. The van der Waals surface area contributed by atoms with E-state index in [4.69, 9.17) is 11.6 Å². The van der Waals surface area contributed by atoms with Crippen molar-refractivity contribution >= 4 is 28.6 Å². The highest BCUT2D eigenvalue weighted by Crippen LogP contribution is 2.29. The van der Waals surface area contributed by atoms with Crippen LogP contribution in [0, 0.1) is 0 Å². The summed E-state index contributed by atoms with van der Waals surface area (Å²) in [6.07, 6.45) is 0. The zero-order chi connectivity index (χ0) is 12.3. The minimum absolute atomic E-state index is 0.0427. The molecule has 1 atom stereocenters. The number of hydrogen-bond donors (Lipinski definition) is 2. The summed E-state index contributed by atoms with van der Waals surface area (Å²) in [5.74, 6) is 0. The lowest BCUT2D eigenvalue weighted by molar-refractivity contribution is 0.282. The number of benzene rings is 1. The zero-order valence-electron chi connectivity index (χ0n) is 9.48. The first-order chi connectivity index (χ1) is 8.20. The number of hydrogen-bond acceptors (Lipinski definition) is 3. The lowest BCUT2D eigenvalue weighted by Crippen LogP contribution is -2.06. The maximum absolute atomic E-state index is 9.25. The molecular formula is C13H14ClNOS. The van der Waals surface area contributed by atoms with E-state index in [1.165, 1.54) is 4.88 Å². The first-order valence-electron chi connectivity index (χ1n) is 5.41. The van der Waals surface area contributed by atoms with E-state index in [1.54, 1.807) is 11.3 Å². The average Bonchev–Trinajstić information content (AvgIpc) is 2.77. The maximum atomic E-state index is 9.25. The Balaban J connectivity index is 2.15. The summed E-state index contributed by atoms with van der Waals surface area (Å²) in [6.45, 7) is 2.12. The molecule has 2 nitrogen and oxygen atoms in total. The van der Waals surface area contributed by atoms with Crippen LogP contribution in [0.3, 0.4) is 0 Å². The molecule has 2 N–H and O–H groups in total. The van der Waals surface area contributed by atoms with Gasteiger partial charge in [0.05, 0.1) is 17.0 Å². The van der Waals surface area contributed by atoms with Gasteiger partial charge in [0.2, 0.25) is 0 Å². The molecule has 4 heteroatoms. The van der Waals surface area contributed by atoms with Gasteiger partial charge in [0.15, 0.2) is 0 Å². The van der Waals surface area contributed by atoms with E-state index in [0.717, 1.165) is 15.6 Å². The summed E-state index contributed by atoms with van der Waals surface area (Å²) in [6, 6.07) is 11.9. The molecule has 2 rings (SSSR count). The smallest absolute Gasteiger partial charge is 0.0932 e. The topological polar surface area (TPSA) is 32.3 Å². The van der Waals surface area contributed by atoms with Gasteiger partial charge in [-0.3, -0.25) is 0 Å². The second-order valence-corrected chi connectivity index (χ2v) is 5.57. The molecule has 1 aromatic carbocycles. The molecule has 0 spiro atoms. The molecule has 0 saturated carbocycles. The normalized spacial score (nSPS) is 12.4. The molecule has 0 amide bonds. The number of para-hydroxylation sites is 1. The Labute approximate surface area is 110 Å². The molecule has 0 aliphatic carbocycles. The third kappa shape index (κ3) is 3.00. The molecule has 0 bridgehead atoms. The minimum atomic E-state index is 0.0427. The lowest BCUT2D eigenvalue weighted by atomic mass is 10.1. The van der Waals surface area contributed by atoms with Gasteiger partial charge >= 0.3 is 0 Å². The van der Waals surface area contributed by atoms with Crippen molar-refractivity contribution in [2.24, 2.45) is 0 Å². The van der Waals surface area contributed by atoms with Crippen molar-refractivity contribution in [3.8, 4) is 0 Å². The van der Waals surface area contributed by atoms with Crippen LogP contribution < -0.4 is 5.32 Å². The lowest BCUT2D eigenvalue weighted by Gasteiger charge is -2.16. The van der Waals surface area contributed by atoms with E-state index in [0.29, 0.717) is 0 Å². The molecule has 90 valence electrons. The van der Waals surface area contributed by atoms with Crippen LogP contribution in [0.5, 0.6) is 0 Å². The number of anilines is 1. The van der Waals surface area contributed by atoms with Crippen LogP contribution in [0.25, 0.3) is 0 Å². The minimum Gasteiger partial charge on any atom is -0.392 e. The molecule has 0 fully saturated rings. The molecule has 0 aliphatic heterocycles. The van der Waals surface area contributed by atoms with Gasteiger partial charge in [0.25, 0.3) is 0 Å². The van der Waals surface area contributed by atoms with Crippen LogP contribution >= 0.6 is 22.9 Å². The van der Waals surface area contributed by atoms with Crippen LogP contribution in [0.1, 0.15) is 23.4 Å². The van der Waals surface area contributed by atoms with Gasteiger partial charge in [-0.25, -0.2) is 0 Å². The Morgan fingerprint density at radius 1 is 1.29 bits per heavy atom. The number of rotatable bonds is 4. The molecule has 0 radical (unpaired) electrons. The first-order valence-corrected chi connectivity index (χ1v) is 6.60. The van der Waals surface area contributed by atoms with Gasteiger partial charge in [0.1, 0.15) is 0 Å². The highest BCUT2D eigenvalue weighted by molar-refractivity contribution is 7.16. The number of aliphatic hydroxyl groups is 1. The molecule has 0 saturated heterocycles. The molecule has 1 aromatic heterocycles. The van der Waals surface area contributed by atoms with Gasteiger partial charge in [-0.15, -0.1) is 11.3 Å². The van der Waals surface area contributed by atoms with Crippen LogP contribution in [0.4, 0.5) is 5.69 Å². The molecule has 1 unspecified atom stereocenters. The summed E-state index contributed by atoms with van der Waals surface area (Å²) in [4.78, 5) is 1.18. The number of halogens is 1. The largest absolute Gasteiger partial charge is 0.392 e. The standard InChI is InChI=1S/C13H14ClNOS/c1-9(12-6-7-13(14)17-12)15-11-5-3-2-4-10(11)8-16/h2-7,9,15-16H,8H2,1H3. The van der Waals surface area contributed by atoms with Crippen LogP contribution in [0.2, 0.25) is 4.34 Å². The molecule has 2 aromatic rings. The maximum Gasteiger partial charge on any atom is 0.0932 e. The molecule has 17 heavy (non-hydrogen) atoms. The van der Waals surface area contributed by atoms with E-state index in [9.17, 15) is 5.11 Å². The molecular weight excluding hydrogens is 254 g/mol. The Morgan fingerprint density at radius 2 is 2.06 bits per heavy atom. The second-order valence-electron chi connectivity index (χ2n) is 3.82. The van der Waals surface area contributed by atoms with Gasteiger partial charge in [0, 0.05) is 16.1 Å². The van der Waals surface area contributed by atoms with Gasteiger partial charge in [-0.2, -0.15) is 0 Å². The molecule has 1 heterocycles. The molecule has 0 aliphatic rings. The third-order valence-electron chi connectivity index (χ3n) is 2.58. The van der Waals surface area contributed by atoms with E-state index in [-0.39, 0.29) is 12.6 Å². The van der Waals surface area contributed by atoms with Crippen molar-refractivity contribution in [2.45, 2.75) is 19.6 Å². The van der Waals surface area contributed by atoms with Crippen molar-refractivity contribution < 1.29 is 5.11 Å². The Hall–Kier alpha value is -1.03. The fourth-order valence-electron chi connectivity index (χ4n) is 1.66. The zero-order valence-corrected chi connectivity index (χ0v) is 11.1. The van der Waals surface area contributed by atoms with Gasteiger partial charge in [-0.05, 0) is 25.1 Å². The van der Waals surface area contributed by atoms with Crippen molar-refractivity contribution in [1.29, 1.82) is 0 Å². The van der Waals surface area contributed by atoms with Crippen molar-refractivity contribution in [2.75, 3.05) is 5.32 Å². The van der Waals surface area contributed by atoms with Crippen LogP contribution in [0.15, 0.2) is 36.4 Å². The quantitative estimate of drug-likeness (QED) is 0.875. The summed E-state index contributed by atoms with van der Waals surface area (Å²) in [5.41, 5.74) is 1.87. The van der Waals surface area contributed by atoms with E-state index in [1.807, 2.05) is 36.4 Å². The van der Waals surface area contributed by atoms with Crippen molar-refractivity contribution in [1.82, 2.24) is 0 Å². The first kappa shape index (κ1) is 12.4. The summed E-state index contributed by atoms with van der Waals surface area (Å²) < 4.78 is 0.795. The van der Waals surface area contributed by atoms with Crippen molar-refractivity contribution in [3.63, 3.8) is 0 Å². The monoisotopic (exact) mass is 267 g/mol. The fraction of sp³-hybridized carbons (Fsp3) is 0.231. The van der Waals surface area contributed by atoms with Crippen molar-refractivity contribution in [3.05, 3.63) is 51.2 Å².